The highest BCUT2D eigenvalue weighted by Gasteiger charge is 2.52. The second kappa shape index (κ2) is 5.98. The summed E-state index contributed by atoms with van der Waals surface area (Å²) in [6, 6.07) is 0. The van der Waals surface area contributed by atoms with Crippen molar-refractivity contribution in [1.29, 1.82) is 0 Å². The van der Waals surface area contributed by atoms with Gasteiger partial charge in [-0.1, -0.05) is 0 Å². The maximum Gasteiger partial charge on any atom is 0.225 e. The fraction of sp³-hybridized carbons (Fsp3) is 0.950. The van der Waals surface area contributed by atoms with E-state index < -0.39 is 0 Å². The number of carbonyl (C=O) groups is 1. The van der Waals surface area contributed by atoms with Crippen LogP contribution in [0.15, 0.2) is 0 Å². The van der Waals surface area contributed by atoms with Crippen LogP contribution >= 0.6 is 0 Å². The molecule has 1 aliphatic carbocycles. The number of amides is 1. The van der Waals surface area contributed by atoms with Crippen molar-refractivity contribution in [2.24, 2.45) is 11.3 Å². The van der Waals surface area contributed by atoms with Gasteiger partial charge in [0.15, 0.2) is 0 Å². The normalized spacial score (nSPS) is 33.1. The summed E-state index contributed by atoms with van der Waals surface area (Å²) in [7, 11) is 0. The van der Waals surface area contributed by atoms with Gasteiger partial charge in [0.1, 0.15) is 0 Å². The second-order valence-corrected chi connectivity index (χ2v) is 10.4. The van der Waals surface area contributed by atoms with Gasteiger partial charge in [-0.05, 0) is 72.8 Å². The molecule has 24 heavy (non-hydrogen) atoms. The van der Waals surface area contributed by atoms with E-state index in [1.165, 1.54) is 19.5 Å². The van der Waals surface area contributed by atoms with Crippen LogP contribution in [0.4, 0.5) is 0 Å². The zero-order valence-corrected chi connectivity index (χ0v) is 16.7. The van der Waals surface area contributed by atoms with E-state index in [0.29, 0.717) is 17.2 Å². The van der Waals surface area contributed by atoms with Crippen LogP contribution in [0, 0.1) is 11.3 Å². The third kappa shape index (κ3) is 3.50. The summed E-state index contributed by atoms with van der Waals surface area (Å²) in [6.07, 6.45) is 3.53. The molecule has 0 aromatic rings. The van der Waals surface area contributed by atoms with Crippen molar-refractivity contribution in [1.82, 2.24) is 14.7 Å². The molecule has 1 saturated carbocycles. The van der Waals surface area contributed by atoms with Gasteiger partial charge >= 0.3 is 0 Å². The largest absolute Gasteiger partial charge is 0.340 e. The molecule has 3 fully saturated rings. The quantitative estimate of drug-likeness (QED) is 0.737. The third-order valence-electron chi connectivity index (χ3n) is 6.64. The van der Waals surface area contributed by atoms with Crippen LogP contribution in [0.3, 0.4) is 0 Å². The summed E-state index contributed by atoms with van der Waals surface area (Å²) in [5.41, 5.74) is 0.929. The molecule has 4 nitrogen and oxygen atoms in total. The summed E-state index contributed by atoms with van der Waals surface area (Å²) in [4.78, 5) is 20.1. The van der Waals surface area contributed by atoms with Gasteiger partial charge in [-0.15, -0.1) is 0 Å². The topological polar surface area (TPSA) is 26.8 Å². The molecule has 0 bridgehead atoms. The number of carbonyl (C=O) groups excluding carboxylic acids is 1. The van der Waals surface area contributed by atoms with Crippen LogP contribution in [0.1, 0.15) is 60.8 Å². The molecule has 4 heteroatoms. The molecule has 2 aliphatic heterocycles. The number of nitrogens with zero attached hydrogens (tertiary/aromatic N) is 3. The van der Waals surface area contributed by atoms with Gasteiger partial charge < -0.3 is 4.90 Å². The van der Waals surface area contributed by atoms with E-state index in [1.807, 2.05) is 0 Å². The molecule has 0 atom stereocenters. The van der Waals surface area contributed by atoms with E-state index in [0.717, 1.165) is 39.0 Å². The highest BCUT2D eigenvalue weighted by Crippen LogP contribution is 2.53. The first-order chi connectivity index (χ1) is 11.0. The summed E-state index contributed by atoms with van der Waals surface area (Å²) in [6.45, 7) is 20.0. The van der Waals surface area contributed by atoms with Gasteiger partial charge in [0.2, 0.25) is 5.91 Å². The lowest BCUT2D eigenvalue weighted by atomic mass is 9.61. The lowest BCUT2D eigenvalue weighted by Crippen LogP contribution is -2.57. The maximum absolute atomic E-state index is 12.8. The van der Waals surface area contributed by atoms with Crippen LogP contribution in [0.25, 0.3) is 0 Å². The standard InChI is InChI=1S/C20H37N3O/c1-18(2,3)22-11-9-21(10-12-22)17(24)16-13-20(14-16)7-8-23(15-20)19(4,5)6/h16H,7-15H2,1-6H3. The molecule has 0 radical (unpaired) electrons. The number of likely N-dealkylation sites (tertiary alicyclic amines) is 1. The molecular weight excluding hydrogens is 298 g/mol. The zero-order chi connectivity index (χ0) is 17.8. The molecule has 0 unspecified atom stereocenters. The first-order valence-corrected chi connectivity index (χ1v) is 9.79. The fourth-order valence-corrected chi connectivity index (χ4v) is 4.86. The maximum atomic E-state index is 12.8. The molecule has 1 amide bonds. The van der Waals surface area contributed by atoms with E-state index in [1.54, 1.807) is 0 Å². The van der Waals surface area contributed by atoms with E-state index in [4.69, 9.17) is 0 Å². The van der Waals surface area contributed by atoms with Crippen molar-refractivity contribution in [2.75, 3.05) is 39.3 Å². The molecule has 3 aliphatic rings. The number of hydrogen-bond donors (Lipinski definition) is 0. The average Bonchev–Trinajstić information content (AvgIpc) is 2.90. The van der Waals surface area contributed by atoms with Gasteiger partial charge in [0.25, 0.3) is 0 Å². The predicted molar refractivity (Wildman–Crippen MR) is 99.0 cm³/mol. The Morgan fingerprint density at radius 2 is 1.38 bits per heavy atom. The summed E-state index contributed by atoms with van der Waals surface area (Å²) in [5.74, 6) is 0.731. The van der Waals surface area contributed by atoms with Crippen LogP contribution in [0.2, 0.25) is 0 Å². The van der Waals surface area contributed by atoms with E-state index >= 15 is 0 Å². The molecule has 138 valence electrons. The first kappa shape index (κ1) is 18.2. The fourth-order valence-electron chi connectivity index (χ4n) is 4.86. The minimum atomic E-state index is 0.218. The smallest absolute Gasteiger partial charge is 0.225 e. The van der Waals surface area contributed by atoms with Crippen molar-refractivity contribution in [3.63, 3.8) is 0 Å². The van der Waals surface area contributed by atoms with Gasteiger partial charge in [-0.2, -0.15) is 0 Å². The average molecular weight is 336 g/mol. The van der Waals surface area contributed by atoms with E-state index in [2.05, 4.69) is 56.2 Å². The Morgan fingerprint density at radius 3 is 1.83 bits per heavy atom. The molecule has 2 heterocycles. The van der Waals surface area contributed by atoms with E-state index in [9.17, 15) is 4.79 Å². The Hall–Kier alpha value is -0.610. The van der Waals surface area contributed by atoms with E-state index in [-0.39, 0.29) is 11.1 Å². The van der Waals surface area contributed by atoms with Gasteiger partial charge in [0.05, 0.1) is 0 Å². The molecule has 2 saturated heterocycles. The Balaban J connectivity index is 1.48. The van der Waals surface area contributed by atoms with Crippen LogP contribution < -0.4 is 0 Å². The predicted octanol–water partition coefficient (Wildman–Crippen LogP) is 2.83. The first-order valence-electron chi connectivity index (χ1n) is 9.79. The second-order valence-electron chi connectivity index (χ2n) is 10.4. The van der Waals surface area contributed by atoms with Gasteiger partial charge in [-0.25, -0.2) is 0 Å². The Kier molecular flexibility index (Phi) is 4.53. The van der Waals surface area contributed by atoms with Crippen molar-refractivity contribution in [3.05, 3.63) is 0 Å². The Labute approximate surface area is 148 Å². The van der Waals surface area contributed by atoms with Crippen molar-refractivity contribution in [3.8, 4) is 0 Å². The number of piperazine rings is 1. The SMILES string of the molecule is CC(C)(C)N1CCN(C(=O)C2CC3(CCN(C(C)(C)C)C3)C2)CC1. The molecule has 0 aromatic carbocycles. The van der Waals surface area contributed by atoms with Crippen LogP contribution in [-0.2, 0) is 4.79 Å². The van der Waals surface area contributed by atoms with Crippen molar-refractivity contribution >= 4 is 5.91 Å². The highest BCUT2D eigenvalue weighted by molar-refractivity contribution is 5.80. The van der Waals surface area contributed by atoms with Crippen LogP contribution in [-0.4, -0.2) is 71.0 Å². The van der Waals surface area contributed by atoms with Gasteiger partial charge in [-0.3, -0.25) is 14.6 Å². The summed E-state index contributed by atoms with van der Waals surface area (Å²) < 4.78 is 0. The summed E-state index contributed by atoms with van der Waals surface area (Å²) in [5, 5.41) is 0. The minimum absolute atomic E-state index is 0.218. The number of rotatable bonds is 1. The monoisotopic (exact) mass is 335 g/mol. The molecule has 1 spiro atoms. The summed E-state index contributed by atoms with van der Waals surface area (Å²) >= 11 is 0. The zero-order valence-electron chi connectivity index (χ0n) is 16.7. The van der Waals surface area contributed by atoms with Crippen molar-refractivity contribution in [2.45, 2.75) is 71.9 Å². The van der Waals surface area contributed by atoms with Gasteiger partial charge in [0, 0.05) is 49.7 Å². The molecular formula is C20H37N3O. The molecule has 0 N–H and O–H groups in total. The third-order valence-corrected chi connectivity index (χ3v) is 6.64. The Bertz CT molecular complexity index is 474. The molecule has 0 aromatic heterocycles. The highest BCUT2D eigenvalue weighted by atomic mass is 16.2. The Morgan fingerprint density at radius 1 is 0.833 bits per heavy atom. The lowest BCUT2D eigenvalue weighted by molar-refractivity contribution is -0.145. The number of hydrogen-bond acceptors (Lipinski definition) is 3. The molecule has 3 rings (SSSR count). The van der Waals surface area contributed by atoms with Crippen molar-refractivity contribution < 1.29 is 4.79 Å². The lowest BCUT2D eigenvalue weighted by Gasteiger charge is -2.48. The van der Waals surface area contributed by atoms with Crippen LogP contribution in [0.5, 0.6) is 0 Å². The minimum Gasteiger partial charge on any atom is -0.340 e.